The lowest BCUT2D eigenvalue weighted by molar-refractivity contribution is -0.382. The molecule has 4 aromatic carbocycles. The predicted octanol–water partition coefficient (Wildman–Crippen LogP) is 6.84. The molecule has 0 aliphatic heterocycles. The lowest BCUT2D eigenvalue weighted by Crippen LogP contribution is -1.94. The van der Waals surface area contributed by atoms with Crippen molar-refractivity contribution in [1.29, 1.82) is 0 Å². The average molecular weight is 404 g/mol. The number of hydrogen-bond donors (Lipinski definition) is 0. The molecule has 0 aliphatic rings. The first-order valence-corrected chi connectivity index (χ1v) is 8.96. The zero-order valence-corrected chi connectivity index (χ0v) is 15.3. The van der Waals surface area contributed by atoms with Gasteiger partial charge in [0.25, 0.3) is 5.69 Å². The molecule has 0 bridgehead atoms. The molecule has 0 unspecified atom stereocenters. The van der Waals surface area contributed by atoms with Gasteiger partial charge in [-0.2, -0.15) is 0 Å². The number of rotatable bonds is 3. The van der Waals surface area contributed by atoms with Gasteiger partial charge < -0.3 is 0 Å². The van der Waals surface area contributed by atoms with Crippen LogP contribution >= 0.6 is 15.9 Å². The topological polar surface area (TPSA) is 43.1 Å². The van der Waals surface area contributed by atoms with Crippen molar-refractivity contribution in [2.75, 3.05) is 0 Å². The van der Waals surface area contributed by atoms with Crippen LogP contribution in [0, 0.1) is 10.1 Å². The first kappa shape index (κ1) is 16.5. The van der Waals surface area contributed by atoms with Crippen LogP contribution < -0.4 is 0 Å². The Morgan fingerprint density at radius 1 is 0.731 bits per heavy atom. The lowest BCUT2D eigenvalue weighted by atomic mass is 9.96. The second-order valence-electron chi connectivity index (χ2n) is 6.00. The van der Waals surface area contributed by atoms with Gasteiger partial charge in [0, 0.05) is 10.0 Å². The van der Waals surface area contributed by atoms with E-state index in [1.54, 1.807) is 6.07 Å². The Morgan fingerprint density at radius 3 is 2.15 bits per heavy atom. The van der Waals surface area contributed by atoms with Crippen LogP contribution in [0.4, 0.5) is 5.69 Å². The van der Waals surface area contributed by atoms with Crippen LogP contribution in [0.15, 0.2) is 89.4 Å². The zero-order chi connectivity index (χ0) is 18.1. The van der Waals surface area contributed by atoms with Gasteiger partial charge in [-0.15, -0.1) is 0 Å². The Kier molecular flexibility index (Phi) is 4.27. The van der Waals surface area contributed by atoms with Crippen molar-refractivity contribution in [2.45, 2.75) is 0 Å². The number of benzene rings is 4. The van der Waals surface area contributed by atoms with Gasteiger partial charge in [0.15, 0.2) is 0 Å². The Balaban J connectivity index is 1.91. The largest absolute Gasteiger partial charge is 0.284 e. The number of nitrogens with zero attached hydrogens (tertiary/aromatic N) is 1. The molecule has 126 valence electrons. The van der Waals surface area contributed by atoms with E-state index in [1.807, 2.05) is 78.9 Å². The first-order chi connectivity index (χ1) is 12.6. The van der Waals surface area contributed by atoms with Crippen molar-refractivity contribution in [2.24, 2.45) is 0 Å². The summed E-state index contributed by atoms with van der Waals surface area (Å²) in [5.41, 5.74) is 3.72. The normalized spacial score (nSPS) is 10.8. The Labute approximate surface area is 159 Å². The minimum absolute atomic E-state index is 0.135. The summed E-state index contributed by atoms with van der Waals surface area (Å²) in [5, 5.41) is 13.3. The molecule has 0 amide bonds. The van der Waals surface area contributed by atoms with Crippen molar-refractivity contribution in [1.82, 2.24) is 0 Å². The highest BCUT2D eigenvalue weighted by atomic mass is 79.9. The van der Waals surface area contributed by atoms with E-state index in [0.29, 0.717) is 10.9 Å². The maximum atomic E-state index is 11.8. The summed E-state index contributed by atoms with van der Waals surface area (Å²) in [7, 11) is 0. The standard InChI is InChI=1S/C22H14BrNO2/c23-21-14-17(15-6-2-1-3-7-15)11-12-19(21)20-13-10-16-8-4-5-9-18(16)22(20)24(25)26/h1-14H. The van der Waals surface area contributed by atoms with Crippen molar-refractivity contribution in [3.63, 3.8) is 0 Å². The maximum Gasteiger partial charge on any atom is 0.284 e. The number of hydrogen-bond acceptors (Lipinski definition) is 2. The number of nitro benzene ring substituents is 1. The molecule has 0 radical (unpaired) electrons. The summed E-state index contributed by atoms with van der Waals surface area (Å²) in [6.45, 7) is 0. The summed E-state index contributed by atoms with van der Waals surface area (Å²) in [6, 6.07) is 27.1. The minimum atomic E-state index is -0.296. The smallest absolute Gasteiger partial charge is 0.258 e. The Hall–Kier alpha value is -2.98. The number of fused-ring (bicyclic) bond motifs is 1. The fraction of sp³-hybridized carbons (Fsp3) is 0. The molecule has 0 saturated carbocycles. The molecule has 0 fully saturated rings. The summed E-state index contributed by atoms with van der Waals surface area (Å²) in [4.78, 5) is 11.5. The van der Waals surface area contributed by atoms with Crippen LogP contribution in [-0.4, -0.2) is 4.92 Å². The number of nitro groups is 1. The van der Waals surface area contributed by atoms with Crippen LogP contribution in [0.2, 0.25) is 0 Å². The van der Waals surface area contributed by atoms with Gasteiger partial charge in [-0.25, -0.2) is 0 Å². The second kappa shape index (κ2) is 6.73. The van der Waals surface area contributed by atoms with Crippen molar-refractivity contribution in [3.05, 3.63) is 99.5 Å². The van der Waals surface area contributed by atoms with Gasteiger partial charge in [-0.3, -0.25) is 10.1 Å². The summed E-state index contributed by atoms with van der Waals surface area (Å²) in [6.07, 6.45) is 0. The molecule has 0 N–H and O–H groups in total. The first-order valence-electron chi connectivity index (χ1n) is 8.16. The molecule has 0 atom stereocenters. The third-order valence-electron chi connectivity index (χ3n) is 4.45. The van der Waals surface area contributed by atoms with Gasteiger partial charge in [0.2, 0.25) is 0 Å². The Bertz CT molecular complexity index is 1120. The van der Waals surface area contributed by atoms with E-state index < -0.39 is 0 Å². The van der Waals surface area contributed by atoms with Gasteiger partial charge >= 0.3 is 0 Å². The summed E-state index contributed by atoms with van der Waals surface area (Å²) in [5.74, 6) is 0. The van der Waals surface area contributed by atoms with Crippen molar-refractivity contribution in [3.8, 4) is 22.3 Å². The van der Waals surface area contributed by atoms with E-state index in [-0.39, 0.29) is 10.6 Å². The summed E-state index contributed by atoms with van der Waals surface area (Å²) >= 11 is 3.61. The molecule has 26 heavy (non-hydrogen) atoms. The molecule has 0 aromatic heterocycles. The van der Waals surface area contributed by atoms with E-state index in [1.165, 1.54) is 0 Å². The average Bonchev–Trinajstić information content (AvgIpc) is 2.67. The molecule has 0 aliphatic carbocycles. The highest BCUT2D eigenvalue weighted by molar-refractivity contribution is 9.10. The van der Waals surface area contributed by atoms with E-state index in [9.17, 15) is 10.1 Å². The molecule has 4 rings (SSSR count). The maximum absolute atomic E-state index is 11.8. The fourth-order valence-corrected chi connectivity index (χ4v) is 3.81. The fourth-order valence-electron chi connectivity index (χ4n) is 3.21. The molecule has 3 nitrogen and oxygen atoms in total. The van der Waals surface area contributed by atoms with Crippen molar-refractivity contribution < 1.29 is 4.92 Å². The molecule has 0 heterocycles. The molecule has 4 aromatic rings. The van der Waals surface area contributed by atoms with E-state index >= 15 is 0 Å². The predicted molar refractivity (Wildman–Crippen MR) is 109 cm³/mol. The van der Waals surface area contributed by atoms with Gasteiger partial charge in [0.05, 0.1) is 15.9 Å². The summed E-state index contributed by atoms with van der Waals surface area (Å²) < 4.78 is 0.831. The highest BCUT2D eigenvalue weighted by Gasteiger charge is 2.21. The molecule has 0 spiro atoms. The van der Waals surface area contributed by atoms with E-state index in [0.717, 1.165) is 26.5 Å². The van der Waals surface area contributed by atoms with E-state index in [4.69, 9.17) is 0 Å². The zero-order valence-electron chi connectivity index (χ0n) is 13.7. The monoisotopic (exact) mass is 403 g/mol. The van der Waals surface area contributed by atoms with Crippen LogP contribution in [0.3, 0.4) is 0 Å². The minimum Gasteiger partial charge on any atom is -0.258 e. The van der Waals surface area contributed by atoms with Gasteiger partial charge in [-0.05, 0) is 34.7 Å². The van der Waals surface area contributed by atoms with Crippen LogP contribution in [0.5, 0.6) is 0 Å². The molecule has 0 saturated heterocycles. The lowest BCUT2D eigenvalue weighted by Gasteiger charge is -2.10. The third kappa shape index (κ3) is 2.89. The van der Waals surface area contributed by atoms with Crippen molar-refractivity contribution >= 4 is 32.4 Å². The molecular weight excluding hydrogens is 390 g/mol. The number of halogens is 1. The van der Waals surface area contributed by atoms with Gasteiger partial charge in [0.1, 0.15) is 0 Å². The molecule has 4 heteroatoms. The second-order valence-corrected chi connectivity index (χ2v) is 6.85. The van der Waals surface area contributed by atoms with Gasteiger partial charge in [-0.1, -0.05) is 82.7 Å². The molecular formula is C22H14BrNO2. The SMILES string of the molecule is O=[N+]([O-])c1c(-c2ccc(-c3ccccc3)cc2Br)ccc2ccccc12. The van der Waals surface area contributed by atoms with Crippen LogP contribution in [-0.2, 0) is 0 Å². The van der Waals surface area contributed by atoms with Crippen LogP contribution in [0.1, 0.15) is 0 Å². The third-order valence-corrected chi connectivity index (χ3v) is 5.11. The quantitative estimate of drug-likeness (QED) is 0.277. The Morgan fingerprint density at radius 2 is 1.42 bits per heavy atom. The van der Waals surface area contributed by atoms with E-state index in [2.05, 4.69) is 15.9 Å². The van der Waals surface area contributed by atoms with Crippen LogP contribution in [0.25, 0.3) is 33.0 Å². The highest BCUT2D eigenvalue weighted by Crippen LogP contribution is 2.40.